The molecule has 2 aromatic rings. The highest BCUT2D eigenvalue weighted by atomic mass is 16.7. The van der Waals surface area contributed by atoms with E-state index in [2.05, 4.69) is 0 Å². The van der Waals surface area contributed by atoms with Crippen molar-refractivity contribution in [2.75, 3.05) is 6.54 Å². The van der Waals surface area contributed by atoms with Crippen molar-refractivity contribution in [3.8, 4) is 0 Å². The van der Waals surface area contributed by atoms with Gasteiger partial charge in [0, 0.05) is 18.7 Å². The maximum atomic E-state index is 13.4. The first-order valence-corrected chi connectivity index (χ1v) is 9.76. The van der Waals surface area contributed by atoms with Crippen LogP contribution in [0.15, 0.2) is 66.1 Å². The average Bonchev–Trinajstić information content (AvgIpc) is 3.09. The molecular weight excluding hydrogens is 349 g/mol. The lowest BCUT2D eigenvalue weighted by atomic mass is 9.75. The van der Waals surface area contributed by atoms with E-state index in [1.807, 2.05) is 93.3 Å². The molecule has 0 aliphatic carbocycles. The number of carbonyl (C=O) groups excluding carboxylic acids is 1. The van der Waals surface area contributed by atoms with Crippen molar-refractivity contribution in [1.82, 2.24) is 4.90 Å². The first-order chi connectivity index (χ1) is 13.3. The van der Waals surface area contributed by atoms with E-state index >= 15 is 0 Å². The van der Waals surface area contributed by atoms with Gasteiger partial charge in [-0.3, -0.25) is 4.79 Å². The van der Waals surface area contributed by atoms with Gasteiger partial charge in [-0.15, -0.1) is 0 Å². The fourth-order valence-electron chi connectivity index (χ4n) is 3.67. The summed E-state index contributed by atoms with van der Waals surface area (Å²) < 4.78 is 12.6. The zero-order valence-electron chi connectivity index (χ0n) is 16.9. The molecule has 144 valence electrons. The number of carbonyl (C=O) groups is 1. The zero-order valence-corrected chi connectivity index (χ0v) is 16.9. The minimum atomic E-state index is -0.523. The first kappa shape index (κ1) is 19.0. The Morgan fingerprint density at radius 1 is 0.893 bits per heavy atom. The van der Waals surface area contributed by atoms with Crippen LogP contribution in [0.4, 0.5) is 0 Å². The summed E-state index contributed by atoms with van der Waals surface area (Å²) in [7, 11) is -0.523. The summed E-state index contributed by atoms with van der Waals surface area (Å²) in [4.78, 5) is 15.2. The minimum Gasteiger partial charge on any atom is -0.400 e. The summed E-state index contributed by atoms with van der Waals surface area (Å²) in [5.41, 5.74) is 2.75. The van der Waals surface area contributed by atoms with E-state index in [-0.39, 0.29) is 5.91 Å². The summed E-state index contributed by atoms with van der Waals surface area (Å²) in [5, 5.41) is 0. The summed E-state index contributed by atoms with van der Waals surface area (Å²) in [6, 6.07) is 19.9. The Balaban J connectivity index is 1.70. The van der Waals surface area contributed by atoms with Gasteiger partial charge in [-0.25, -0.2) is 0 Å². The van der Waals surface area contributed by atoms with E-state index in [9.17, 15) is 4.79 Å². The van der Waals surface area contributed by atoms with Gasteiger partial charge in [0.25, 0.3) is 5.91 Å². The molecule has 2 aliphatic heterocycles. The molecule has 2 heterocycles. The molecule has 2 aliphatic rings. The quantitative estimate of drug-likeness (QED) is 0.755. The van der Waals surface area contributed by atoms with Crippen molar-refractivity contribution >= 4 is 18.6 Å². The molecule has 4 nitrogen and oxygen atoms in total. The third kappa shape index (κ3) is 3.29. The van der Waals surface area contributed by atoms with E-state index in [4.69, 9.17) is 9.31 Å². The van der Waals surface area contributed by atoms with Crippen LogP contribution in [0.25, 0.3) is 5.57 Å². The van der Waals surface area contributed by atoms with Crippen LogP contribution < -0.4 is 0 Å². The Hall–Kier alpha value is -2.37. The molecule has 0 N–H and O–H groups in total. The highest BCUT2D eigenvalue weighted by molar-refractivity contribution is 6.59. The van der Waals surface area contributed by atoms with Crippen LogP contribution in [-0.4, -0.2) is 35.7 Å². The minimum absolute atomic E-state index is 0.0276. The molecule has 1 amide bonds. The number of hydrogen-bond acceptors (Lipinski definition) is 3. The van der Waals surface area contributed by atoms with Crippen molar-refractivity contribution in [2.45, 2.75) is 45.4 Å². The second-order valence-electron chi connectivity index (χ2n) is 8.50. The molecule has 0 spiro atoms. The summed E-state index contributed by atoms with van der Waals surface area (Å²) in [6.45, 7) is 9.22. The smallest absolute Gasteiger partial charge is 0.400 e. The van der Waals surface area contributed by atoms with E-state index in [0.717, 1.165) is 16.6 Å². The molecule has 5 heteroatoms. The molecule has 0 aromatic heterocycles. The van der Waals surface area contributed by atoms with Gasteiger partial charge in [-0.2, -0.15) is 0 Å². The lowest BCUT2D eigenvalue weighted by Crippen LogP contribution is -2.41. The molecule has 0 bridgehead atoms. The maximum Gasteiger partial charge on any atom is 0.493 e. The Kier molecular flexibility index (Phi) is 4.68. The molecule has 1 fully saturated rings. The molecule has 0 radical (unpaired) electrons. The number of rotatable bonds is 4. The number of hydrogen-bond donors (Lipinski definition) is 0. The summed E-state index contributed by atoms with van der Waals surface area (Å²) >= 11 is 0. The van der Waals surface area contributed by atoms with E-state index in [0.29, 0.717) is 18.7 Å². The van der Waals surface area contributed by atoms with Crippen LogP contribution in [0, 0.1) is 0 Å². The van der Waals surface area contributed by atoms with Crippen molar-refractivity contribution in [3.05, 3.63) is 77.3 Å². The van der Waals surface area contributed by atoms with Gasteiger partial charge in [-0.1, -0.05) is 60.7 Å². The van der Waals surface area contributed by atoms with Gasteiger partial charge < -0.3 is 14.2 Å². The van der Waals surface area contributed by atoms with Gasteiger partial charge in [0.05, 0.1) is 11.2 Å². The van der Waals surface area contributed by atoms with Crippen molar-refractivity contribution in [3.63, 3.8) is 0 Å². The Morgan fingerprint density at radius 3 is 2.00 bits per heavy atom. The van der Waals surface area contributed by atoms with Crippen LogP contribution in [0.1, 0.15) is 38.8 Å². The van der Waals surface area contributed by atoms with Gasteiger partial charge in [0.1, 0.15) is 0 Å². The predicted molar refractivity (Wildman–Crippen MR) is 111 cm³/mol. The molecule has 0 unspecified atom stereocenters. The van der Waals surface area contributed by atoms with Crippen LogP contribution >= 0.6 is 0 Å². The van der Waals surface area contributed by atoms with E-state index in [1.165, 1.54) is 0 Å². The molecule has 1 saturated heterocycles. The zero-order chi connectivity index (χ0) is 19.9. The molecular formula is C23H26BNO3. The molecule has 0 saturated carbocycles. The first-order valence-electron chi connectivity index (χ1n) is 9.76. The third-order valence-electron chi connectivity index (χ3n) is 6.00. The Morgan fingerprint density at radius 2 is 1.43 bits per heavy atom. The second-order valence-corrected chi connectivity index (χ2v) is 8.50. The Bertz CT molecular complexity index is 890. The molecule has 4 rings (SSSR count). The van der Waals surface area contributed by atoms with Crippen molar-refractivity contribution in [1.29, 1.82) is 0 Å². The van der Waals surface area contributed by atoms with Crippen molar-refractivity contribution < 1.29 is 14.1 Å². The largest absolute Gasteiger partial charge is 0.493 e. The molecule has 2 aromatic carbocycles. The van der Waals surface area contributed by atoms with Gasteiger partial charge in [0.15, 0.2) is 0 Å². The average molecular weight is 375 g/mol. The summed E-state index contributed by atoms with van der Waals surface area (Å²) in [5.74, 6) is 0.0276. The normalized spacial score (nSPS) is 20.9. The van der Waals surface area contributed by atoms with E-state index < -0.39 is 18.3 Å². The van der Waals surface area contributed by atoms with E-state index in [1.54, 1.807) is 0 Å². The SMILES string of the molecule is CC1(C)OB(C2=C(c3ccccc3)C(=O)N(Cc3ccccc3)C2)OC1(C)C. The van der Waals surface area contributed by atoms with Crippen LogP contribution in [0.2, 0.25) is 0 Å². The third-order valence-corrected chi connectivity index (χ3v) is 6.00. The highest BCUT2D eigenvalue weighted by Crippen LogP contribution is 2.42. The topological polar surface area (TPSA) is 38.8 Å². The number of benzene rings is 2. The van der Waals surface area contributed by atoms with Gasteiger partial charge in [-0.05, 0) is 44.3 Å². The standard InChI is InChI=1S/C23H26BNO3/c1-22(2)23(3,4)28-24(27-22)19-16-25(15-17-11-7-5-8-12-17)21(26)20(19)18-13-9-6-10-14-18/h5-14H,15-16H2,1-4H3. The van der Waals surface area contributed by atoms with Crippen LogP contribution in [-0.2, 0) is 20.6 Å². The fourth-order valence-corrected chi connectivity index (χ4v) is 3.67. The van der Waals surface area contributed by atoms with Crippen LogP contribution in [0.5, 0.6) is 0 Å². The Labute approximate surface area is 167 Å². The molecule has 0 atom stereocenters. The lowest BCUT2D eigenvalue weighted by Gasteiger charge is -2.32. The van der Waals surface area contributed by atoms with Gasteiger partial charge in [0.2, 0.25) is 0 Å². The van der Waals surface area contributed by atoms with Gasteiger partial charge >= 0.3 is 7.12 Å². The lowest BCUT2D eigenvalue weighted by molar-refractivity contribution is -0.124. The maximum absolute atomic E-state index is 13.4. The fraction of sp³-hybridized carbons (Fsp3) is 0.348. The molecule has 28 heavy (non-hydrogen) atoms. The number of amides is 1. The highest BCUT2D eigenvalue weighted by Gasteiger charge is 2.54. The predicted octanol–water partition coefficient (Wildman–Crippen LogP) is 4.11. The number of nitrogens with zero attached hydrogens (tertiary/aromatic N) is 1. The second kappa shape index (κ2) is 6.91. The summed E-state index contributed by atoms with van der Waals surface area (Å²) in [6.07, 6.45) is 0. The monoisotopic (exact) mass is 375 g/mol. The van der Waals surface area contributed by atoms with Crippen molar-refractivity contribution in [2.24, 2.45) is 0 Å². The van der Waals surface area contributed by atoms with Crippen LogP contribution in [0.3, 0.4) is 0 Å².